The number of rotatable bonds is 6. The third-order valence-electron chi connectivity index (χ3n) is 3.46. The van der Waals surface area contributed by atoms with Crippen LogP contribution in [0.4, 0.5) is 0 Å². The predicted molar refractivity (Wildman–Crippen MR) is 102 cm³/mol. The van der Waals surface area contributed by atoms with E-state index in [1.54, 1.807) is 6.08 Å². The highest BCUT2D eigenvalue weighted by molar-refractivity contribution is 8.26. The minimum Gasteiger partial charge on any atom is -0.550 e. The summed E-state index contributed by atoms with van der Waals surface area (Å²) in [5, 5.41) is 13.3. The van der Waals surface area contributed by atoms with Crippen molar-refractivity contribution in [3.05, 3.63) is 46.3 Å². The molecule has 1 aliphatic heterocycles. The molecule has 0 spiro atoms. The molecule has 25 heavy (non-hydrogen) atoms. The Kier molecular flexibility index (Phi) is 5.62. The number of nitrogens with zero attached hydrogens (tertiary/aromatic N) is 2. The van der Waals surface area contributed by atoms with E-state index >= 15 is 0 Å². The summed E-state index contributed by atoms with van der Waals surface area (Å²) < 4.78 is 0.438. The van der Waals surface area contributed by atoms with E-state index in [4.69, 9.17) is 12.2 Å². The average molecular weight is 390 g/mol. The molecule has 1 amide bonds. The fourth-order valence-corrected chi connectivity index (χ4v) is 4.35. The summed E-state index contributed by atoms with van der Waals surface area (Å²) in [6, 6.07) is 9.82. The first-order valence-corrected chi connectivity index (χ1v) is 9.61. The molecule has 0 unspecified atom stereocenters. The van der Waals surface area contributed by atoms with Gasteiger partial charge in [-0.15, -0.1) is 11.3 Å². The second kappa shape index (κ2) is 7.90. The molecular formula is C17H13N2O3S3-. The van der Waals surface area contributed by atoms with Gasteiger partial charge in [-0.25, -0.2) is 4.98 Å². The number of carbonyl (C=O) groups is 2. The van der Waals surface area contributed by atoms with Crippen molar-refractivity contribution in [2.45, 2.75) is 12.8 Å². The van der Waals surface area contributed by atoms with Crippen molar-refractivity contribution in [3.63, 3.8) is 0 Å². The molecule has 0 radical (unpaired) electrons. The van der Waals surface area contributed by atoms with E-state index in [0.717, 1.165) is 10.6 Å². The maximum atomic E-state index is 12.4. The lowest BCUT2D eigenvalue weighted by Gasteiger charge is -2.14. The van der Waals surface area contributed by atoms with E-state index in [0.29, 0.717) is 21.3 Å². The Morgan fingerprint density at radius 2 is 2.08 bits per heavy atom. The minimum atomic E-state index is -1.13. The monoisotopic (exact) mass is 389 g/mol. The van der Waals surface area contributed by atoms with Crippen LogP contribution in [0.2, 0.25) is 0 Å². The van der Waals surface area contributed by atoms with Crippen LogP contribution >= 0.6 is 35.3 Å². The van der Waals surface area contributed by atoms with Gasteiger partial charge in [-0.05, 0) is 18.9 Å². The van der Waals surface area contributed by atoms with Gasteiger partial charge in [-0.3, -0.25) is 9.69 Å². The van der Waals surface area contributed by atoms with Crippen LogP contribution in [0.5, 0.6) is 0 Å². The number of hydrogen-bond acceptors (Lipinski definition) is 7. The highest BCUT2D eigenvalue weighted by Gasteiger charge is 2.31. The zero-order valence-electron chi connectivity index (χ0n) is 13.0. The van der Waals surface area contributed by atoms with E-state index in [-0.39, 0.29) is 18.9 Å². The van der Waals surface area contributed by atoms with Crippen LogP contribution in [0.3, 0.4) is 0 Å². The molecule has 1 fully saturated rings. The number of carboxylic acids is 1. The second-order valence-corrected chi connectivity index (χ2v) is 7.79. The normalized spacial score (nSPS) is 16.0. The molecular weight excluding hydrogens is 376 g/mol. The number of aromatic nitrogens is 1. The van der Waals surface area contributed by atoms with Crippen LogP contribution < -0.4 is 5.11 Å². The van der Waals surface area contributed by atoms with Gasteiger partial charge in [0.05, 0.1) is 10.6 Å². The molecule has 1 aromatic heterocycles. The Labute approximate surface area is 158 Å². The molecule has 5 nitrogen and oxygen atoms in total. The van der Waals surface area contributed by atoms with Crippen molar-refractivity contribution in [1.29, 1.82) is 0 Å². The number of thioether (sulfide) groups is 1. The Hall–Kier alpha value is -2.03. The number of carbonyl (C=O) groups excluding carboxylic acids is 2. The highest BCUT2D eigenvalue weighted by Crippen LogP contribution is 2.33. The summed E-state index contributed by atoms with van der Waals surface area (Å²) in [6.45, 7) is 0.280. The quantitative estimate of drug-likeness (QED) is 0.558. The number of thiazole rings is 1. The van der Waals surface area contributed by atoms with Gasteiger partial charge in [0.1, 0.15) is 9.33 Å². The molecule has 0 atom stereocenters. The molecule has 2 heterocycles. The first kappa shape index (κ1) is 17.8. The molecule has 1 saturated heterocycles. The molecule has 0 bridgehead atoms. The first-order valence-electron chi connectivity index (χ1n) is 7.51. The highest BCUT2D eigenvalue weighted by atomic mass is 32.2. The van der Waals surface area contributed by atoms with Crippen molar-refractivity contribution in [2.75, 3.05) is 6.54 Å². The molecule has 1 aliphatic rings. The van der Waals surface area contributed by atoms with E-state index in [2.05, 4.69) is 4.98 Å². The van der Waals surface area contributed by atoms with Crippen molar-refractivity contribution in [2.24, 2.45) is 0 Å². The molecule has 3 rings (SSSR count). The molecule has 1 aromatic carbocycles. The van der Waals surface area contributed by atoms with Gasteiger partial charge in [0.2, 0.25) is 0 Å². The lowest BCUT2D eigenvalue weighted by atomic mass is 10.2. The van der Waals surface area contributed by atoms with Gasteiger partial charge in [0.25, 0.3) is 5.91 Å². The average Bonchev–Trinajstić information content (AvgIpc) is 3.16. The Morgan fingerprint density at radius 3 is 2.80 bits per heavy atom. The van der Waals surface area contributed by atoms with Crippen LogP contribution in [-0.4, -0.2) is 32.6 Å². The zero-order chi connectivity index (χ0) is 17.8. The predicted octanol–water partition coefficient (Wildman–Crippen LogP) is 2.54. The summed E-state index contributed by atoms with van der Waals surface area (Å²) in [5.74, 6) is -1.33. The fourth-order valence-electron chi connectivity index (χ4n) is 2.27. The standard InChI is InChI=1S/C17H14N2O3S3/c20-14(21)7-4-8-19-16(22)13(25-17(19)23)9-12-10-24-15(18-12)11-5-2-1-3-6-11/h1-3,5-6,9-10H,4,7-8H2,(H,20,21)/p-1/b13-9+. The fraction of sp³-hybridized carbons (Fsp3) is 0.176. The SMILES string of the molecule is O=C([O-])CCCN1C(=O)/C(=C\c2csc(-c3ccccc3)n2)SC1=S. The first-order chi connectivity index (χ1) is 12.0. The van der Waals surface area contributed by atoms with Crippen molar-refractivity contribution in [3.8, 4) is 10.6 Å². The van der Waals surface area contributed by atoms with Gasteiger partial charge < -0.3 is 9.90 Å². The van der Waals surface area contributed by atoms with Crippen LogP contribution in [0.25, 0.3) is 16.6 Å². The number of aliphatic carboxylic acids is 1. The molecule has 8 heteroatoms. The number of amides is 1. The number of hydrogen-bond donors (Lipinski definition) is 0. The van der Waals surface area contributed by atoms with Crippen molar-refractivity contribution < 1.29 is 14.7 Å². The summed E-state index contributed by atoms with van der Waals surface area (Å²) in [7, 11) is 0. The molecule has 0 saturated carbocycles. The van der Waals surface area contributed by atoms with Crippen molar-refractivity contribution >= 4 is 57.6 Å². The maximum absolute atomic E-state index is 12.4. The summed E-state index contributed by atoms with van der Waals surface area (Å²) in [5.41, 5.74) is 1.74. The Morgan fingerprint density at radius 1 is 1.32 bits per heavy atom. The summed E-state index contributed by atoms with van der Waals surface area (Å²) in [4.78, 5) is 29.4. The van der Waals surface area contributed by atoms with Crippen LogP contribution in [0.15, 0.2) is 40.6 Å². The van der Waals surface area contributed by atoms with E-state index in [1.165, 1.54) is 28.0 Å². The summed E-state index contributed by atoms with van der Waals surface area (Å²) >= 11 is 7.94. The molecule has 2 aromatic rings. The van der Waals surface area contributed by atoms with E-state index < -0.39 is 5.97 Å². The largest absolute Gasteiger partial charge is 0.550 e. The van der Waals surface area contributed by atoms with Crippen LogP contribution in [0.1, 0.15) is 18.5 Å². The third kappa shape index (κ3) is 4.33. The Balaban J connectivity index is 1.72. The summed E-state index contributed by atoms with van der Waals surface area (Å²) in [6.07, 6.45) is 1.94. The van der Waals surface area contributed by atoms with Crippen LogP contribution in [-0.2, 0) is 9.59 Å². The zero-order valence-corrected chi connectivity index (χ0v) is 15.5. The maximum Gasteiger partial charge on any atom is 0.266 e. The van der Waals surface area contributed by atoms with E-state index in [9.17, 15) is 14.7 Å². The smallest absolute Gasteiger partial charge is 0.266 e. The molecule has 128 valence electrons. The van der Waals surface area contributed by atoms with E-state index in [1.807, 2.05) is 35.7 Å². The molecule has 0 N–H and O–H groups in total. The lowest BCUT2D eigenvalue weighted by molar-refractivity contribution is -0.305. The Bertz CT molecular complexity index is 846. The van der Waals surface area contributed by atoms with Gasteiger partial charge in [0.15, 0.2) is 0 Å². The van der Waals surface area contributed by atoms with Crippen LogP contribution in [0, 0.1) is 0 Å². The number of thiocarbonyl (C=S) groups is 1. The molecule has 0 aliphatic carbocycles. The van der Waals surface area contributed by atoms with Crippen molar-refractivity contribution in [1.82, 2.24) is 9.88 Å². The number of benzene rings is 1. The van der Waals surface area contributed by atoms with Gasteiger partial charge in [-0.1, -0.05) is 54.3 Å². The third-order valence-corrected chi connectivity index (χ3v) is 5.75. The lowest BCUT2D eigenvalue weighted by Crippen LogP contribution is -2.30. The number of carboxylic acid groups (broad SMARTS) is 1. The topological polar surface area (TPSA) is 73.3 Å². The second-order valence-electron chi connectivity index (χ2n) is 5.25. The van der Waals surface area contributed by atoms with Gasteiger partial charge in [0, 0.05) is 23.5 Å². The minimum absolute atomic E-state index is 0.0946. The van der Waals surface area contributed by atoms with Gasteiger partial charge >= 0.3 is 0 Å². The van der Waals surface area contributed by atoms with Gasteiger partial charge in [-0.2, -0.15) is 0 Å².